The zero-order valence-corrected chi connectivity index (χ0v) is 8.07. The van der Waals surface area contributed by atoms with Gasteiger partial charge in [0.05, 0.1) is 0 Å². The quantitative estimate of drug-likeness (QED) is 0.608. The van der Waals surface area contributed by atoms with E-state index in [0.29, 0.717) is 5.92 Å². The summed E-state index contributed by atoms with van der Waals surface area (Å²) < 4.78 is 0. The number of fused-ring (bicyclic) bond motifs is 4. The molecule has 0 aliphatic carbocycles. The van der Waals surface area contributed by atoms with Crippen molar-refractivity contribution in [1.29, 1.82) is 0 Å². The molecular weight excluding hydrogens is 174 g/mol. The standard InChI is InChI=1S/C12H13NO/c14-12-11-6-2-1-5-10(11)9-4-3-7-13(12)8-9/h1-2,5-6,9H,3-4,7-8H2. The highest BCUT2D eigenvalue weighted by molar-refractivity contribution is 5.97. The van der Waals surface area contributed by atoms with Crippen LogP contribution in [0.5, 0.6) is 0 Å². The first-order chi connectivity index (χ1) is 6.86. The summed E-state index contributed by atoms with van der Waals surface area (Å²) in [4.78, 5) is 13.9. The third kappa shape index (κ3) is 0.999. The number of hydrogen-bond donors (Lipinski definition) is 0. The molecule has 3 rings (SSSR count). The van der Waals surface area contributed by atoms with Crippen molar-refractivity contribution in [3.05, 3.63) is 35.4 Å². The summed E-state index contributed by atoms with van der Waals surface area (Å²) in [5.74, 6) is 0.828. The highest BCUT2D eigenvalue weighted by Crippen LogP contribution is 2.34. The molecule has 1 aromatic carbocycles. The first kappa shape index (κ1) is 8.04. The molecule has 1 aromatic rings. The summed E-state index contributed by atoms with van der Waals surface area (Å²) in [6.45, 7) is 1.89. The van der Waals surface area contributed by atoms with Crippen LogP contribution in [0.1, 0.15) is 34.7 Å². The van der Waals surface area contributed by atoms with E-state index in [9.17, 15) is 4.79 Å². The number of nitrogens with zero attached hydrogens (tertiary/aromatic N) is 1. The Kier molecular flexibility index (Phi) is 1.63. The molecule has 2 aliphatic heterocycles. The molecule has 1 saturated heterocycles. The van der Waals surface area contributed by atoms with Crippen molar-refractivity contribution < 1.29 is 4.79 Å². The molecule has 0 saturated carbocycles. The molecule has 2 aliphatic rings. The second kappa shape index (κ2) is 2.84. The zero-order chi connectivity index (χ0) is 9.54. The minimum atomic E-state index is 0.233. The largest absolute Gasteiger partial charge is 0.338 e. The number of carbonyl (C=O) groups is 1. The lowest BCUT2D eigenvalue weighted by molar-refractivity contribution is 0.0675. The van der Waals surface area contributed by atoms with Crippen LogP contribution in [-0.2, 0) is 0 Å². The molecule has 1 fully saturated rings. The molecular formula is C12H13NO. The third-order valence-corrected chi connectivity index (χ3v) is 3.34. The fourth-order valence-corrected chi connectivity index (χ4v) is 2.63. The molecule has 0 N–H and O–H groups in total. The van der Waals surface area contributed by atoms with Gasteiger partial charge in [-0.15, -0.1) is 0 Å². The summed E-state index contributed by atoms with van der Waals surface area (Å²) in [7, 11) is 0. The van der Waals surface area contributed by atoms with Crippen LogP contribution in [0, 0.1) is 0 Å². The molecule has 72 valence electrons. The third-order valence-electron chi connectivity index (χ3n) is 3.34. The average Bonchev–Trinajstić information content (AvgIpc) is 2.27. The first-order valence-electron chi connectivity index (χ1n) is 5.24. The van der Waals surface area contributed by atoms with E-state index in [4.69, 9.17) is 0 Å². The van der Waals surface area contributed by atoms with Gasteiger partial charge in [0, 0.05) is 24.6 Å². The van der Waals surface area contributed by atoms with Crippen LogP contribution in [0.25, 0.3) is 0 Å². The van der Waals surface area contributed by atoms with E-state index in [-0.39, 0.29) is 5.91 Å². The van der Waals surface area contributed by atoms with E-state index in [1.165, 1.54) is 12.0 Å². The van der Waals surface area contributed by atoms with Gasteiger partial charge in [-0.1, -0.05) is 18.2 Å². The minimum absolute atomic E-state index is 0.233. The van der Waals surface area contributed by atoms with Crippen molar-refractivity contribution in [2.24, 2.45) is 0 Å². The number of amides is 1. The van der Waals surface area contributed by atoms with Crippen LogP contribution in [0.2, 0.25) is 0 Å². The fraction of sp³-hybridized carbons (Fsp3) is 0.417. The summed E-state index contributed by atoms with van der Waals surface area (Å²) in [5, 5.41) is 0. The predicted molar refractivity (Wildman–Crippen MR) is 54.3 cm³/mol. The van der Waals surface area contributed by atoms with Crippen LogP contribution >= 0.6 is 0 Å². The van der Waals surface area contributed by atoms with Crippen LogP contribution in [0.15, 0.2) is 24.3 Å². The van der Waals surface area contributed by atoms with E-state index in [0.717, 1.165) is 25.1 Å². The molecule has 1 amide bonds. The predicted octanol–water partition coefficient (Wildman–Crippen LogP) is 2.02. The Bertz CT molecular complexity index is 386. The SMILES string of the molecule is O=C1c2ccccc2C2CCCN1C2. The maximum absolute atomic E-state index is 12.0. The molecule has 2 heterocycles. The van der Waals surface area contributed by atoms with Gasteiger partial charge in [0.1, 0.15) is 0 Å². The lowest BCUT2D eigenvalue weighted by Gasteiger charge is -2.38. The van der Waals surface area contributed by atoms with Gasteiger partial charge in [0.15, 0.2) is 0 Å². The van der Waals surface area contributed by atoms with Crippen molar-refractivity contribution >= 4 is 5.91 Å². The van der Waals surface area contributed by atoms with Gasteiger partial charge in [-0.3, -0.25) is 4.79 Å². The Morgan fingerprint density at radius 3 is 3.07 bits per heavy atom. The van der Waals surface area contributed by atoms with Crippen molar-refractivity contribution in [2.45, 2.75) is 18.8 Å². The molecule has 1 unspecified atom stereocenters. The van der Waals surface area contributed by atoms with E-state index in [1.807, 2.05) is 23.1 Å². The summed E-state index contributed by atoms with van der Waals surface area (Å²) in [5.41, 5.74) is 2.21. The lowest BCUT2D eigenvalue weighted by atomic mass is 9.83. The number of piperidine rings is 1. The molecule has 0 aromatic heterocycles. The van der Waals surface area contributed by atoms with E-state index >= 15 is 0 Å². The highest BCUT2D eigenvalue weighted by Gasteiger charge is 2.33. The number of carbonyl (C=O) groups excluding carboxylic acids is 1. The second-order valence-corrected chi connectivity index (χ2v) is 4.18. The Balaban J connectivity index is 2.15. The van der Waals surface area contributed by atoms with Crippen LogP contribution in [0.3, 0.4) is 0 Å². The molecule has 0 spiro atoms. The number of rotatable bonds is 0. The minimum Gasteiger partial charge on any atom is -0.338 e. The molecule has 2 heteroatoms. The normalized spacial score (nSPS) is 24.7. The van der Waals surface area contributed by atoms with Gasteiger partial charge in [-0.05, 0) is 24.5 Å². The maximum Gasteiger partial charge on any atom is 0.254 e. The molecule has 2 bridgehead atoms. The van der Waals surface area contributed by atoms with Crippen LogP contribution < -0.4 is 0 Å². The van der Waals surface area contributed by atoms with E-state index in [1.54, 1.807) is 0 Å². The molecule has 1 atom stereocenters. The monoisotopic (exact) mass is 187 g/mol. The Morgan fingerprint density at radius 1 is 1.29 bits per heavy atom. The summed E-state index contributed by atoms with van der Waals surface area (Å²) in [6.07, 6.45) is 2.39. The lowest BCUT2D eigenvalue weighted by Crippen LogP contribution is -2.43. The van der Waals surface area contributed by atoms with Crippen LogP contribution in [0.4, 0.5) is 0 Å². The Morgan fingerprint density at radius 2 is 2.14 bits per heavy atom. The van der Waals surface area contributed by atoms with Gasteiger partial charge in [-0.25, -0.2) is 0 Å². The topological polar surface area (TPSA) is 20.3 Å². The zero-order valence-electron chi connectivity index (χ0n) is 8.07. The van der Waals surface area contributed by atoms with Gasteiger partial charge < -0.3 is 4.90 Å². The van der Waals surface area contributed by atoms with E-state index in [2.05, 4.69) is 6.07 Å². The van der Waals surface area contributed by atoms with Crippen molar-refractivity contribution in [3.63, 3.8) is 0 Å². The summed E-state index contributed by atoms with van der Waals surface area (Å²) in [6, 6.07) is 8.07. The fourth-order valence-electron chi connectivity index (χ4n) is 2.63. The Labute approximate surface area is 83.5 Å². The van der Waals surface area contributed by atoms with Crippen molar-refractivity contribution in [1.82, 2.24) is 4.90 Å². The summed E-state index contributed by atoms with van der Waals surface area (Å²) >= 11 is 0. The van der Waals surface area contributed by atoms with Gasteiger partial charge in [0.2, 0.25) is 0 Å². The smallest absolute Gasteiger partial charge is 0.254 e. The van der Waals surface area contributed by atoms with Gasteiger partial charge in [0.25, 0.3) is 5.91 Å². The molecule has 0 radical (unpaired) electrons. The Hall–Kier alpha value is -1.31. The number of hydrogen-bond acceptors (Lipinski definition) is 1. The first-order valence-corrected chi connectivity index (χ1v) is 5.24. The van der Waals surface area contributed by atoms with E-state index < -0.39 is 0 Å². The van der Waals surface area contributed by atoms with Crippen molar-refractivity contribution in [2.75, 3.05) is 13.1 Å². The molecule has 14 heavy (non-hydrogen) atoms. The highest BCUT2D eigenvalue weighted by atomic mass is 16.2. The average molecular weight is 187 g/mol. The second-order valence-electron chi connectivity index (χ2n) is 4.18. The van der Waals surface area contributed by atoms with Gasteiger partial charge in [-0.2, -0.15) is 0 Å². The van der Waals surface area contributed by atoms with Gasteiger partial charge >= 0.3 is 0 Å². The maximum atomic E-state index is 12.0. The molecule has 2 nitrogen and oxygen atoms in total. The van der Waals surface area contributed by atoms with Crippen LogP contribution in [-0.4, -0.2) is 23.9 Å². The number of benzene rings is 1. The van der Waals surface area contributed by atoms with Crippen molar-refractivity contribution in [3.8, 4) is 0 Å².